The number of para-hydroxylation sites is 2. The molecular weight excluding hydrogens is 465 g/mol. The summed E-state index contributed by atoms with van der Waals surface area (Å²) in [6.07, 6.45) is 2.50. The van der Waals surface area contributed by atoms with Gasteiger partial charge in [-0.15, -0.1) is 12.4 Å². The second-order valence-corrected chi connectivity index (χ2v) is 8.28. The number of rotatable bonds is 8. The van der Waals surface area contributed by atoms with E-state index >= 15 is 0 Å². The lowest BCUT2D eigenvalue weighted by Crippen LogP contribution is -2.11. The van der Waals surface area contributed by atoms with Crippen molar-refractivity contribution in [2.45, 2.75) is 0 Å². The third-order valence-electron chi connectivity index (χ3n) is 3.87. The van der Waals surface area contributed by atoms with Crippen LogP contribution in [0.5, 0.6) is 11.5 Å². The van der Waals surface area contributed by atoms with E-state index in [4.69, 9.17) is 21.1 Å². The fourth-order valence-corrected chi connectivity index (χ4v) is 3.27. The number of hydrogen-bond acceptors (Lipinski definition) is 8. The summed E-state index contributed by atoms with van der Waals surface area (Å²) in [4.78, 5) is 8.58. The first-order valence-electron chi connectivity index (χ1n) is 8.64. The van der Waals surface area contributed by atoms with E-state index < -0.39 is 10.0 Å². The minimum absolute atomic E-state index is 0. The molecule has 3 aromatic rings. The molecule has 3 rings (SSSR count). The molecule has 0 unspecified atom stereocenters. The van der Waals surface area contributed by atoms with Crippen molar-refractivity contribution in [3.8, 4) is 11.5 Å². The summed E-state index contributed by atoms with van der Waals surface area (Å²) in [6.45, 7) is 0. The van der Waals surface area contributed by atoms with Crippen LogP contribution in [0.4, 0.5) is 28.8 Å². The number of benzene rings is 2. The Morgan fingerprint density at radius 2 is 1.68 bits per heavy atom. The van der Waals surface area contributed by atoms with Crippen molar-refractivity contribution in [3.63, 3.8) is 0 Å². The van der Waals surface area contributed by atoms with E-state index in [1.165, 1.54) is 6.20 Å². The summed E-state index contributed by atoms with van der Waals surface area (Å²) >= 11 is 6.24. The molecule has 1 heterocycles. The van der Waals surface area contributed by atoms with Crippen LogP contribution in [0.1, 0.15) is 0 Å². The van der Waals surface area contributed by atoms with Gasteiger partial charge in [0.05, 0.1) is 43.7 Å². The number of hydrogen-bond donors (Lipinski definition) is 3. The van der Waals surface area contributed by atoms with E-state index in [1.807, 2.05) is 0 Å². The predicted octanol–water partition coefficient (Wildman–Crippen LogP) is 4.43. The maximum Gasteiger partial charge on any atom is 0.229 e. The van der Waals surface area contributed by atoms with Crippen LogP contribution in [0, 0.1) is 0 Å². The van der Waals surface area contributed by atoms with Crippen LogP contribution in [0.2, 0.25) is 5.02 Å². The Bertz CT molecular complexity index is 1160. The molecule has 0 aliphatic rings. The van der Waals surface area contributed by atoms with Gasteiger partial charge >= 0.3 is 0 Å². The topological polar surface area (TPSA) is 114 Å². The molecule has 0 atom stereocenters. The average molecular weight is 486 g/mol. The van der Waals surface area contributed by atoms with E-state index in [0.29, 0.717) is 34.4 Å². The highest BCUT2D eigenvalue weighted by Gasteiger charge is 2.12. The SMILES string of the molecule is COc1ccc(OC)c(Nc2ncc(Cl)c(Nc3ccccc3NS(C)(=O)=O)n2)c1.Cl. The second-order valence-electron chi connectivity index (χ2n) is 6.13. The monoisotopic (exact) mass is 485 g/mol. The summed E-state index contributed by atoms with van der Waals surface area (Å²) in [6, 6.07) is 12.1. The quantitative estimate of drug-likeness (QED) is 0.429. The van der Waals surface area contributed by atoms with Crippen molar-refractivity contribution in [2.24, 2.45) is 0 Å². The standard InChI is InChI=1S/C19H20ClN5O4S.ClH/c1-28-12-8-9-17(29-2)16(10-12)23-19-21-11-13(20)18(24-19)22-14-6-4-5-7-15(14)25-30(3,26)27;/h4-11,25H,1-3H3,(H2,21,22,23,24);1H. The van der Waals surface area contributed by atoms with Crippen molar-refractivity contribution in [2.75, 3.05) is 35.8 Å². The first kappa shape index (κ1) is 24.3. The summed E-state index contributed by atoms with van der Waals surface area (Å²) < 4.78 is 36.3. The van der Waals surface area contributed by atoms with Crippen molar-refractivity contribution in [1.82, 2.24) is 9.97 Å². The van der Waals surface area contributed by atoms with Crippen LogP contribution in [0.25, 0.3) is 0 Å². The molecule has 0 amide bonds. The van der Waals surface area contributed by atoms with Gasteiger partial charge in [0.2, 0.25) is 16.0 Å². The Hall–Kier alpha value is -2.95. The van der Waals surface area contributed by atoms with Gasteiger partial charge in [-0.3, -0.25) is 4.72 Å². The van der Waals surface area contributed by atoms with Gasteiger partial charge in [0.25, 0.3) is 0 Å². The number of ether oxygens (including phenoxy) is 2. The van der Waals surface area contributed by atoms with Crippen LogP contribution >= 0.6 is 24.0 Å². The molecule has 0 aliphatic carbocycles. The molecule has 31 heavy (non-hydrogen) atoms. The number of sulfonamides is 1. The van der Waals surface area contributed by atoms with Gasteiger partial charge in [-0.25, -0.2) is 13.4 Å². The molecule has 0 fully saturated rings. The highest BCUT2D eigenvalue weighted by molar-refractivity contribution is 7.92. The highest BCUT2D eigenvalue weighted by Crippen LogP contribution is 2.33. The molecule has 0 aliphatic heterocycles. The van der Waals surface area contributed by atoms with Gasteiger partial charge in [0, 0.05) is 6.07 Å². The van der Waals surface area contributed by atoms with E-state index in [-0.39, 0.29) is 23.4 Å². The maximum atomic E-state index is 11.6. The lowest BCUT2D eigenvalue weighted by molar-refractivity contribution is 0.405. The van der Waals surface area contributed by atoms with Crippen LogP contribution in [0.15, 0.2) is 48.7 Å². The molecule has 0 bridgehead atoms. The first-order chi connectivity index (χ1) is 14.3. The second kappa shape index (κ2) is 10.4. The fraction of sp³-hybridized carbons (Fsp3) is 0.158. The number of methoxy groups -OCH3 is 2. The van der Waals surface area contributed by atoms with E-state index in [9.17, 15) is 8.42 Å². The van der Waals surface area contributed by atoms with Gasteiger partial charge in [-0.05, 0) is 24.3 Å². The number of nitrogens with zero attached hydrogens (tertiary/aromatic N) is 2. The van der Waals surface area contributed by atoms with Gasteiger partial charge < -0.3 is 20.1 Å². The molecular formula is C19H21Cl2N5O4S. The molecule has 0 radical (unpaired) electrons. The molecule has 9 nitrogen and oxygen atoms in total. The molecule has 12 heteroatoms. The zero-order valence-corrected chi connectivity index (χ0v) is 19.2. The van der Waals surface area contributed by atoms with Crippen molar-refractivity contribution in [1.29, 1.82) is 0 Å². The Morgan fingerprint density at radius 1 is 0.968 bits per heavy atom. The number of aromatic nitrogens is 2. The third-order valence-corrected chi connectivity index (χ3v) is 4.74. The highest BCUT2D eigenvalue weighted by atomic mass is 35.5. The minimum Gasteiger partial charge on any atom is -0.497 e. The zero-order chi connectivity index (χ0) is 21.7. The summed E-state index contributed by atoms with van der Waals surface area (Å²) in [5, 5.41) is 6.36. The number of nitrogens with one attached hydrogen (secondary N) is 3. The van der Waals surface area contributed by atoms with Gasteiger partial charge in [-0.1, -0.05) is 23.7 Å². The molecule has 0 spiro atoms. The van der Waals surface area contributed by atoms with Gasteiger partial charge in [0.15, 0.2) is 5.82 Å². The third kappa shape index (κ3) is 6.51. The van der Waals surface area contributed by atoms with Crippen LogP contribution in [-0.2, 0) is 10.0 Å². The summed E-state index contributed by atoms with van der Waals surface area (Å²) in [5.41, 5.74) is 1.44. The molecule has 1 aromatic heterocycles. The van der Waals surface area contributed by atoms with Crippen molar-refractivity contribution >= 4 is 62.9 Å². The number of halogens is 2. The van der Waals surface area contributed by atoms with Crippen LogP contribution < -0.4 is 24.8 Å². The van der Waals surface area contributed by atoms with Crippen molar-refractivity contribution in [3.05, 3.63) is 53.7 Å². The lowest BCUT2D eigenvalue weighted by atomic mass is 10.2. The fourth-order valence-electron chi connectivity index (χ4n) is 2.56. The Kier molecular flexibility index (Phi) is 8.14. The maximum absolute atomic E-state index is 11.6. The first-order valence-corrected chi connectivity index (χ1v) is 10.9. The molecule has 166 valence electrons. The van der Waals surface area contributed by atoms with E-state index in [1.54, 1.807) is 56.7 Å². The normalized spacial score (nSPS) is 10.6. The van der Waals surface area contributed by atoms with Gasteiger partial charge in [-0.2, -0.15) is 4.98 Å². The molecule has 0 saturated carbocycles. The Balaban J connectivity index is 0.00000341. The van der Waals surface area contributed by atoms with Crippen molar-refractivity contribution < 1.29 is 17.9 Å². The summed E-state index contributed by atoms with van der Waals surface area (Å²) in [5.74, 6) is 1.75. The largest absolute Gasteiger partial charge is 0.497 e. The Morgan fingerprint density at radius 3 is 2.32 bits per heavy atom. The summed E-state index contributed by atoms with van der Waals surface area (Å²) in [7, 11) is -0.345. The van der Waals surface area contributed by atoms with E-state index in [0.717, 1.165) is 6.26 Å². The smallest absolute Gasteiger partial charge is 0.229 e. The van der Waals surface area contributed by atoms with E-state index in [2.05, 4.69) is 25.3 Å². The average Bonchev–Trinajstić information content (AvgIpc) is 2.70. The van der Waals surface area contributed by atoms with Crippen LogP contribution in [-0.4, -0.2) is 38.9 Å². The van der Waals surface area contributed by atoms with Crippen LogP contribution in [0.3, 0.4) is 0 Å². The Labute approximate surface area is 191 Å². The van der Waals surface area contributed by atoms with Gasteiger partial charge in [0.1, 0.15) is 16.5 Å². The molecule has 2 aromatic carbocycles. The minimum atomic E-state index is -3.46. The molecule has 0 saturated heterocycles. The number of anilines is 5. The lowest BCUT2D eigenvalue weighted by Gasteiger charge is -2.15. The predicted molar refractivity (Wildman–Crippen MR) is 125 cm³/mol. The molecule has 3 N–H and O–H groups in total. The zero-order valence-electron chi connectivity index (χ0n) is 16.8.